The lowest BCUT2D eigenvalue weighted by atomic mass is 10.2. The Bertz CT molecular complexity index is 1200. The van der Waals surface area contributed by atoms with E-state index in [9.17, 15) is 29.8 Å². The van der Waals surface area contributed by atoms with Crippen LogP contribution in [0.1, 0.15) is 35.8 Å². The maximum Gasteiger partial charge on any atom is 0.352 e. The predicted molar refractivity (Wildman–Crippen MR) is 119 cm³/mol. The Balaban J connectivity index is 0.000000301. The molecule has 2 heterocycles. The van der Waals surface area contributed by atoms with Crippen molar-refractivity contribution >= 4 is 45.1 Å². The Kier molecular flexibility index (Phi) is 7.78. The molecule has 0 unspecified atom stereocenters. The average Bonchev–Trinajstić information content (AvgIpc) is 3.31. The lowest BCUT2D eigenvalue weighted by molar-refractivity contribution is -0.384. The van der Waals surface area contributed by atoms with Crippen LogP contribution in [-0.2, 0) is 0 Å². The molecule has 0 saturated heterocycles. The summed E-state index contributed by atoms with van der Waals surface area (Å²) in [5.74, 6) is -1.68. The van der Waals surface area contributed by atoms with Gasteiger partial charge in [-0.15, -0.1) is 0 Å². The second-order valence-corrected chi connectivity index (χ2v) is 6.09. The summed E-state index contributed by atoms with van der Waals surface area (Å²) >= 11 is 0. The molecular weight excluding hydrogens is 422 g/mol. The molecule has 0 aliphatic carbocycles. The van der Waals surface area contributed by atoms with E-state index in [1.165, 1.54) is 36.4 Å². The van der Waals surface area contributed by atoms with Crippen molar-refractivity contribution in [2.75, 3.05) is 0 Å². The molecule has 0 bridgehead atoms. The Morgan fingerprint density at radius 1 is 0.781 bits per heavy atom. The molecule has 12 nitrogen and oxygen atoms in total. The molecule has 1 amide bonds. The monoisotopic (exact) mass is 443 g/mol. The second kappa shape index (κ2) is 9.84. The molecule has 5 N–H and O–H groups in total. The Hall–Kier alpha value is -4.74. The number of carbonyl (C=O) groups excluding carboxylic acids is 1. The van der Waals surface area contributed by atoms with Crippen LogP contribution in [0.5, 0.6) is 0 Å². The van der Waals surface area contributed by atoms with Gasteiger partial charge < -0.3 is 20.8 Å². The molecule has 168 valence electrons. The van der Waals surface area contributed by atoms with Crippen molar-refractivity contribution < 1.29 is 24.5 Å². The molecule has 32 heavy (non-hydrogen) atoms. The topological polar surface area (TPSA) is 198 Å². The molecule has 0 radical (unpaired) electrons. The van der Waals surface area contributed by atoms with Crippen LogP contribution in [-0.4, -0.2) is 36.8 Å². The summed E-state index contributed by atoms with van der Waals surface area (Å²) in [6, 6.07) is 11.4. The van der Waals surface area contributed by atoms with Gasteiger partial charge in [0.2, 0.25) is 0 Å². The van der Waals surface area contributed by atoms with E-state index < -0.39 is 21.7 Å². The number of nitrogens with zero attached hydrogens (tertiary/aromatic N) is 2. The number of nitrogens with two attached hydrogens (primary N) is 1. The standard InChI is InChI=1S/C9H7N3O3.C9H6N2O4.2CH4/c10-9(13)8-3-5-1-2-6(12(14)15)4-7(5)11-8;12-9(13)8-3-5-1-2-6(11(14)15)4-7(5)10-8;;/h1-4,11H,(H2,10,13);1-4,10H,(H,12,13);2*1H4. The zero-order valence-electron chi connectivity index (χ0n) is 15.0. The van der Waals surface area contributed by atoms with Gasteiger partial charge in [-0.05, 0) is 24.3 Å². The first-order valence-electron chi connectivity index (χ1n) is 8.23. The van der Waals surface area contributed by atoms with Gasteiger partial charge in [0, 0.05) is 35.0 Å². The molecule has 0 spiro atoms. The van der Waals surface area contributed by atoms with Gasteiger partial charge in [0.05, 0.1) is 20.9 Å². The zero-order valence-corrected chi connectivity index (χ0v) is 15.0. The SMILES string of the molecule is C.C.NC(=O)c1cc2ccc([N+](=O)[O-])cc2[nH]1.O=C(O)c1cc2ccc([N+](=O)[O-])cc2[nH]1. The lowest BCUT2D eigenvalue weighted by Gasteiger charge is -1.90. The predicted octanol–water partition coefficient (Wildman–Crippen LogP) is 4.22. The smallest absolute Gasteiger partial charge is 0.352 e. The van der Waals surface area contributed by atoms with Crippen molar-refractivity contribution in [2.24, 2.45) is 5.73 Å². The normalized spacial score (nSPS) is 9.75. The van der Waals surface area contributed by atoms with E-state index in [1.807, 2.05) is 0 Å². The number of aromatic nitrogens is 2. The fourth-order valence-electron chi connectivity index (χ4n) is 2.71. The zero-order chi connectivity index (χ0) is 22.0. The number of hydrogen-bond acceptors (Lipinski definition) is 6. The molecule has 2 aromatic carbocycles. The number of benzene rings is 2. The van der Waals surface area contributed by atoms with Crippen molar-refractivity contribution in [2.45, 2.75) is 14.9 Å². The summed E-state index contributed by atoms with van der Waals surface area (Å²) in [5.41, 5.74) is 6.21. The lowest BCUT2D eigenvalue weighted by Crippen LogP contribution is -2.10. The number of amides is 1. The van der Waals surface area contributed by atoms with Crippen molar-refractivity contribution in [1.29, 1.82) is 0 Å². The molecule has 12 heteroatoms. The summed E-state index contributed by atoms with van der Waals surface area (Å²) < 4.78 is 0. The van der Waals surface area contributed by atoms with Gasteiger partial charge in [-0.1, -0.05) is 14.9 Å². The van der Waals surface area contributed by atoms with Crippen LogP contribution in [0.2, 0.25) is 0 Å². The third kappa shape index (κ3) is 5.24. The van der Waals surface area contributed by atoms with Crippen LogP contribution in [0.15, 0.2) is 48.5 Å². The van der Waals surface area contributed by atoms with E-state index in [-0.39, 0.29) is 37.6 Å². The number of primary amides is 1. The average molecular weight is 443 g/mol. The van der Waals surface area contributed by atoms with E-state index >= 15 is 0 Å². The fraction of sp³-hybridized carbons (Fsp3) is 0.100. The van der Waals surface area contributed by atoms with Crippen molar-refractivity contribution in [1.82, 2.24) is 9.97 Å². The number of rotatable bonds is 4. The van der Waals surface area contributed by atoms with Crippen LogP contribution in [0.4, 0.5) is 11.4 Å². The highest BCUT2D eigenvalue weighted by Crippen LogP contribution is 2.22. The van der Waals surface area contributed by atoms with E-state index in [0.29, 0.717) is 16.4 Å². The van der Waals surface area contributed by atoms with E-state index in [0.717, 1.165) is 5.39 Å². The number of hydrogen-bond donors (Lipinski definition) is 4. The van der Waals surface area contributed by atoms with Crippen LogP contribution in [0, 0.1) is 20.2 Å². The fourth-order valence-corrected chi connectivity index (χ4v) is 2.71. The van der Waals surface area contributed by atoms with Crippen molar-refractivity contribution in [3.8, 4) is 0 Å². The van der Waals surface area contributed by atoms with Gasteiger partial charge in [0.25, 0.3) is 17.3 Å². The van der Waals surface area contributed by atoms with Crippen LogP contribution in [0.3, 0.4) is 0 Å². The van der Waals surface area contributed by atoms with Gasteiger partial charge in [0.1, 0.15) is 11.4 Å². The Labute approximate surface area is 181 Å². The van der Waals surface area contributed by atoms with Crippen LogP contribution in [0.25, 0.3) is 21.8 Å². The van der Waals surface area contributed by atoms with Gasteiger partial charge >= 0.3 is 5.97 Å². The third-order valence-corrected chi connectivity index (χ3v) is 4.13. The minimum absolute atomic E-state index is 0. The summed E-state index contributed by atoms with van der Waals surface area (Å²) in [7, 11) is 0. The molecule has 0 atom stereocenters. The quantitative estimate of drug-likeness (QED) is 0.267. The van der Waals surface area contributed by atoms with Crippen molar-refractivity contribution in [3.63, 3.8) is 0 Å². The number of carboxylic acids is 1. The number of fused-ring (bicyclic) bond motifs is 2. The maximum atomic E-state index is 10.8. The summed E-state index contributed by atoms with van der Waals surface area (Å²) in [5, 5.41) is 31.0. The Morgan fingerprint density at radius 3 is 1.56 bits per heavy atom. The molecule has 4 aromatic rings. The number of H-pyrrole nitrogens is 2. The number of non-ortho nitro benzene ring substituents is 2. The molecule has 2 aromatic heterocycles. The molecule has 0 saturated carbocycles. The number of nitrogens with one attached hydrogen (secondary N) is 2. The summed E-state index contributed by atoms with van der Waals surface area (Å²) in [6.45, 7) is 0. The number of aromatic carboxylic acids is 1. The van der Waals surface area contributed by atoms with Crippen molar-refractivity contribution in [3.05, 3.63) is 80.1 Å². The highest BCUT2D eigenvalue weighted by Gasteiger charge is 2.11. The van der Waals surface area contributed by atoms with Gasteiger partial charge in [-0.25, -0.2) is 4.79 Å². The molecule has 0 aliphatic heterocycles. The van der Waals surface area contributed by atoms with Gasteiger partial charge in [-0.2, -0.15) is 0 Å². The highest BCUT2D eigenvalue weighted by molar-refractivity contribution is 5.97. The van der Waals surface area contributed by atoms with Crippen LogP contribution < -0.4 is 5.73 Å². The number of nitro benzene ring substituents is 2. The van der Waals surface area contributed by atoms with Gasteiger partial charge in [-0.3, -0.25) is 25.0 Å². The molecular formula is C20H21N5O7. The summed E-state index contributed by atoms with van der Waals surface area (Å²) in [4.78, 5) is 46.7. The molecule has 0 fully saturated rings. The largest absolute Gasteiger partial charge is 0.477 e. The number of carbonyl (C=O) groups is 2. The molecule has 0 aliphatic rings. The van der Waals surface area contributed by atoms with E-state index in [2.05, 4.69) is 9.97 Å². The van der Waals surface area contributed by atoms with Gasteiger partial charge in [0.15, 0.2) is 0 Å². The molecule has 4 rings (SSSR count). The van der Waals surface area contributed by atoms with Crippen LogP contribution >= 0.6 is 0 Å². The second-order valence-electron chi connectivity index (χ2n) is 6.09. The number of aromatic amines is 2. The van der Waals surface area contributed by atoms with E-state index in [4.69, 9.17) is 10.8 Å². The number of carboxylic acid groups (broad SMARTS) is 1. The Morgan fingerprint density at radius 2 is 1.19 bits per heavy atom. The summed E-state index contributed by atoms with van der Waals surface area (Å²) in [6.07, 6.45) is 0. The first-order chi connectivity index (χ1) is 14.2. The third-order valence-electron chi connectivity index (χ3n) is 4.13. The number of nitro groups is 2. The first kappa shape index (κ1) is 25.3. The van der Waals surface area contributed by atoms with E-state index in [1.54, 1.807) is 12.1 Å². The first-order valence-corrected chi connectivity index (χ1v) is 8.23. The highest BCUT2D eigenvalue weighted by atomic mass is 16.6. The minimum Gasteiger partial charge on any atom is -0.477 e. The maximum absolute atomic E-state index is 10.8. The minimum atomic E-state index is -1.09.